The molecular formula is C30H52N2O. The van der Waals surface area contributed by atoms with Gasteiger partial charge in [0.25, 0.3) is 0 Å². The van der Waals surface area contributed by atoms with Gasteiger partial charge in [-0.15, -0.1) is 0 Å². The second-order valence-electron chi connectivity index (χ2n) is 11.1. The number of rotatable bonds is 12. The molecule has 1 aliphatic heterocycles. The molecule has 0 aromatic heterocycles. The Hall–Kier alpha value is -1.61. The molecule has 1 saturated heterocycles. The van der Waals surface area contributed by atoms with E-state index in [2.05, 4.69) is 89.5 Å². The lowest BCUT2D eigenvalue weighted by Gasteiger charge is -2.42. The lowest BCUT2D eigenvalue weighted by atomic mass is 10.0. The molecular weight excluding hydrogens is 404 g/mol. The van der Waals surface area contributed by atoms with E-state index in [1.165, 1.54) is 28.7 Å². The highest BCUT2D eigenvalue weighted by Crippen LogP contribution is 2.17. The highest BCUT2D eigenvalue weighted by molar-refractivity contribution is 5.76. The van der Waals surface area contributed by atoms with Crippen LogP contribution < -0.4 is 0 Å². The maximum Gasteiger partial charge on any atom is 0.222 e. The van der Waals surface area contributed by atoms with Gasteiger partial charge in [0, 0.05) is 38.1 Å². The largest absolute Gasteiger partial charge is 0.340 e. The molecule has 0 bridgehead atoms. The molecule has 1 amide bonds. The fraction of sp³-hybridized carbons (Fsp3) is 0.700. The van der Waals surface area contributed by atoms with E-state index in [4.69, 9.17) is 0 Å². The van der Waals surface area contributed by atoms with Crippen molar-refractivity contribution in [3.05, 3.63) is 46.6 Å². The average molecular weight is 457 g/mol. The predicted octanol–water partition coefficient (Wildman–Crippen LogP) is 7.86. The van der Waals surface area contributed by atoms with Crippen molar-refractivity contribution in [3.63, 3.8) is 0 Å². The van der Waals surface area contributed by atoms with Gasteiger partial charge in [0.2, 0.25) is 5.91 Å². The summed E-state index contributed by atoms with van der Waals surface area (Å²) in [5.41, 5.74) is 6.00. The summed E-state index contributed by atoms with van der Waals surface area (Å²) >= 11 is 0. The van der Waals surface area contributed by atoms with Gasteiger partial charge in [0.15, 0.2) is 0 Å². The zero-order valence-corrected chi connectivity index (χ0v) is 23.1. The molecule has 0 atom stereocenters. The summed E-state index contributed by atoms with van der Waals surface area (Å²) in [7, 11) is 0. The molecule has 188 valence electrons. The molecule has 1 heterocycles. The number of hydrogen-bond acceptors (Lipinski definition) is 2. The summed E-state index contributed by atoms with van der Waals surface area (Å²) in [4.78, 5) is 17.1. The molecule has 0 N–H and O–H groups in total. The summed E-state index contributed by atoms with van der Waals surface area (Å²) in [6, 6.07) is 0. The van der Waals surface area contributed by atoms with E-state index in [0.29, 0.717) is 12.3 Å². The van der Waals surface area contributed by atoms with Crippen LogP contribution in [0.2, 0.25) is 0 Å². The van der Waals surface area contributed by atoms with E-state index in [1.54, 1.807) is 0 Å². The van der Waals surface area contributed by atoms with Crippen molar-refractivity contribution in [3.8, 4) is 0 Å². The summed E-state index contributed by atoms with van der Waals surface area (Å²) in [6.45, 7) is 21.5. The number of hydrogen-bond donors (Lipinski definition) is 0. The molecule has 0 aromatic carbocycles. The Kier molecular flexibility index (Phi) is 13.7. The first-order valence-corrected chi connectivity index (χ1v) is 13.1. The minimum Gasteiger partial charge on any atom is -0.340 e. The van der Waals surface area contributed by atoms with Gasteiger partial charge in [-0.1, -0.05) is 46.6 Å². The fourth-order valence-electron chi connectivity index (χ4n) is 4.21. The first kappa shape index (κ1) is 29.4. The maximum absolute atomic E-state index is 12.5. The van der Waals surface area contributed by atoms with Crippen molar-refractivity contribution in [2.75, 3.05) is 26.2 Å². The zero-order valence-electron chi connectivity index (χ0n) is 23.1. The van der Waals surface area contributed by atoms with Crippen LogP contribution in [-0.2, 0) is 4.79 Å². The van der Waals surface area contributed by atoms with Crippen LogP contribution in [0.1, 0.15) is 107 Å². The first-order chi connectivity index (χ1) is 15.5. The second kappa shape index (κ2) is 15.3. The van der Waals surface area contributed by atoms with Gasteiger partial charge in [0.05, 0.1) is 0 Å². The van der Waals surface area contributed by atoms with Gasteiger partial charge in [-0.05, 0) is 100 Å². The lowest BCUT2D eigenvalue weighted by molar-refractivity contribution is -0.133. The Morgan fingerprint density at radius 1 is 0.636 bits per heavy atom. The van der Waals surface area contributed by atoms with Crippen LogP contribution in [0.25, 0.3) is 0 Å². The van der Waals surface area contributed by atoms with E-state index in [1.807, 2.05) is 0 Å². The Bertz CT molecular complexity index is 706. The standard InChI is InChI=1S/C30H52N2O/c1-25(2)13-9-14-26(3)15-10-16-27(4)17-11-18-28(5)19-12-20-29(33)31-21-23-32(24-22-31)30(6,7)8/h13,15,17,19H,9-12,14,16,18,20-24H2,1-8H3. The van der Waals surface area contributed by atoms with E-state index < -0.39 is 0 Å². The van der Waals surface area contributed by atoms with Crippen LogP contribution in [0.5, 0.6) is 0 Å². The highest BCUT2D eigenvalue weighted by Gasteiger charge is 2.27. The SMILES string of the molecule is CC(C)=CCCC(C)=CCCC(C)=CCCC(C)=CCCC(=O)N1CCN(C(C)(C)C)CC1. The van der Waals surface area contributed by atoms with Gasteiger partial charge in [0.1, 0.15) is 0 Å². The Morgan fingerprint density at radius 2 is 1.03 bits per heavy atom. The molecule has 1 rings (SSSR count). The van der Waals surface area contributed by atoms with E-state index in [0.717, 1.165) is 64.7 Å². The topological polar surface area (TPSA) is 23.6 Å². The third kappa shape index (κ3) is 13.6. The fourth-order valence-corrected chi connectivity index (χ4v) is 4.21. The third-order valence-electron chi connectivity index (χ3n) is 6.59. The number of nitrogens with zero attached hydrogens (tertiary/aromatic N) is 2. The summed E-state index contributed by atoms with van der Waals surface area (Å²) in [6.07, 6.45) is 17.7. The van der Waals surface area contributed by atoms with E-state index >= 15 is 0 Å². The second-order valence-corrected chi connectivity index (χ2v) is 11.1. The van der Waals surface area contributed by atoms with Crippen molar-refractivity contribution in [2.45, 2.75) is 112 Å². The van der Waals surface area contributed by atoms with Gasteiger partial charge < -0.3 is 4.90 Å². The van der Waals surface area contributed by atoms with Gasteiger partial charge >= 0.3 is 0 Å². The molecule has 3 heteroatoms. The predicted molar refractivity (Wildman–Crippen MR) is 146 cm³/mol. The van der Waals surface area contributed by atoms with Crippen LogP contribution >= 0.6 is 0 Å². The van der Waals surface area contributed by atoms with E-state index in [-0.39, 0.29) is 5.54 Å². The van der Waals surface area contributed by atoms with Crippen molar-refractivity contribution >= 4 is 5.91 Å². The number of carbonyl (C=O) groups is 1. The minimum atomic E-state index is 0.197. The smallest absolute Gasteiger partial charge is 0.222 e. The molecule has 0 unspecified atom stereocenters. The third-order valence-corrected chi connectivity index (χ3v) is 6.59. The van der Waals surface area contributed by atoms with Crippen LogP contribution in [0.4, 0.5) is 0 Å². The van der Waals surface area contributed by atoms with Crippen LogP contribution in [0.15, 0.2) is 46.6 Å². The Morgan fingerprint density at radius 3 is 1.42 bits per heavy atom. The summed E-state index contributed by atoms with van der Waals surface area (Å²) in [5.74, 6) is 0.313. The van der Waals surface area contributed by atoms with Crippen LogP contribution in [-0.4, -0.2) is 47.4 Å². The maximum atomic E-state index is 12.5. The van der Waals surface area contributed by atoms with Crippen LogP contribution in [0.3, 0.4) is 0 Å². The summed E-state index contributed by atoms with van der Waals surface area (Å²) < 4.78 is 0. The quantitative estimate of drug-likeness (QED) is 0.279. The molecule has 1 aliphatic rings. The molecule has 0 saturated carbocycles. The van der Waals surface area contributed by atoms with Gasteiger partial charge in [-0.2, -0.15) is 0 Å². The van der Waals surface area contributed by atoms with Crippen LogP contribution in [0, 0.1) is 0 Å². The van der Waals surface area contributed by atoms with Gasteiger partial charge in [-0.3, -0.25) is 9.69 Å². The molecule has 0 spiro atoms. The normalized spacial score (nSPS) is 16.8. The molecule has 1 fully saturated rings. The zero-order chi connectivity index (χ0) is 24.9. The minimum absolute atomic E-state index is 0.197. The van der Waals surface area contributed by atoms with E-state index in [9.17, 15) is 4.79 Å². The highest BCUT2D eigenvalue weighted by atomic mass is 16.2. The average Bonchev–Trinajstić information content (AvgIpc) is 2.73. The number of piperazine rings is 1. The molecule has 0 aliphatic carbocycles. The Labute approximate surface area is 205 Å². The molecule has 0 radical (unpaired) electrons. The van der Waals surface area contributed by atoms with Crippen molar-refractivity contribution in [2.24, 2.45) is 0 Å². The molecule has 33 heavy (non-hydrogen) atoms. The number of carbonyl (C=O) groups excluding carboxylic acids is 1. The van der Waals surface area contributed by atoms with Crippen molar-refractivity contribution in [1.82, 2.24) is 9.80 Å². The van der Waals surface area contributed by atoms with Gasteiger partial charge in [-0.25, -0.2) is 0 Å². The molecule has 0 aromatic rings. The number of allylic oxidation sites excluding steroid dienone is 8. The summed E-state index contributed by atoms with van der Waals surface area (Å²) in [5, 5.41) is 0. The Balaban J connectivity index is 2.24. The van der Waals surface area contributed by atoms with Crippen molar-refractivity contribution < 1.29 is 4.79 Å². The lowest BCUT2D eigenvalue weighted by Crippen LogP contribution is -2.54. The first-order valence-electron chi connectivity index (χ1n) is 13.1. The van der Waals surface area contributed by atoms with Crippen molar-refractivity contribution in [1.29, 1.82) is 0 Å². The number of amides is 1. The molecule has 3 nitrogen and oxygen atoms in total. The monoisotopic (exact) mass is 456 g/mol.